The van der Waals surface area contributed by atoms with Crippen LogP contribution in [0.15, 0.2) is 17.6 Å². The average Bonchev–Trinajstić information content (AvgIpc) is 2.61. The summed E-state index contributed by atoms with van der Waals surface area (Å²) in [6.07, 6.45) is 0. The van der Waals surface area contributed by atoms with Crippen molar-refractivity contribution < 1.29 is 64.1 Å². The molecule has 0 unspecified atom stereocenters. The van der Waals surface area contributed by atoms with Crippen molar-refractivity contribution in [2.75, 3.05) is 13.7 Å². The molecule has 3 N–H and O–H groups in total. The van der Waals surface area contributed by atoms with Crippen molar-refractivity contribution in [3.63, 3.8) is 0 Å². The van der Waals surface area contributed by atoms with Gasteiger partial charge in [-0.1, -0.05) is 6.58 Å². The Bertz CT molecular complexity index is 511. The summed E-state index contributed by atoms with van der Waals surface area (Å²) in [6, 6.07) is 1.27. The summed E-state index contributed by atoms with van der Waals surface area (Å²) in [5.74, 6) is -0.103. The molecule has 1 aliphatic heterocycles. The molecule has 17 heavy (non-hydrogen) atoms. The summed E-state index contributed by atoms with van der Waals surface area (Å²) >= 11 is 0. The fraction of sp³-hybridized carbons (Fsp3) is 0.182. The minimum absolute atomic E-state index is 0. The molecule has 1 aliphatic rings. The van der Waals surface area contributed by atoms with Crippen molar-refractivity contribution in [2.24, 2.45) is 4.99 Å². The zero-order valence-electron chi connectivity index (χ0n) is 9.27. The van der Waals surface area contributed by atoms with Gasteiger partial charge in [0.05, 0.1) is 25.0 Å². The second kappa shape index (κ2) is 5.38. The van der Waals surface area contributed by atoms with E-state index in [0.717, 1.165) is 0 Å². The van der Waals surface area contributed by atoms with Gasteiger partial charge < -0.3 is 20.1 Å². The van der Waals surface area contributed by atoms with E-state index in [-0.39, 0.29) is 73.6 Å². The average molecular weight is 448 g/mol. The molecular formula is C11H11AcNO4. The second-order valence-electron chi connectivity index (χ2n) is 3.37. The van der Waals surface area contributed by atoms with E-state index in [1.54, 1.807) is 0 Å². The van der Waals surface area contributed by atoms with Gasteiger partial charge in [0.25, 0.3) is 0 Å². The molecular weight excluding hydrogens is 437 g/mol. The molecule has 2 rings (SSSR count). The van der Waals surface area contributed by atoms with E-state index < -0.39 is 0 Å². The number of aliphatic hydroxyl groups is 1. The van der Waals surface area contributed by atoms with Gasteiger partial charge >= 0.3 is 0 Å². The minimum Gasteiger partial charge on any atom is -0.506 e. The maximum absolute atomic E-state index is 9.87. The van der Waals surface area contributed by atoms with Crippen molar-refractivity contribution >= 4 is 17.0 Å². The fourth-order valence-electron chi connectivity index (χ4n) is 1.66. The number of phenolic OH excluding ortho intramolecular Hbond substituents is 2. The van der Waals surface area contributed by atoms with Crippen LogP contribution in [0.2, 0.25) is 0 Å². The van der Waals surface area contributed by atoms with E-state index in [1.807, 2.05) is 0 Å². The molecule has 1 heterocycles. The Labute approximate surface area is 134 Å². The van der Waals surface area contributed by atoms with Crippen molar-refractivity contribution in [1.82, 2.24) is 0 Å². The van der Waals surface area contributed by atoms with Crippen LogP contribution in [-0.4, -0.2) is 34.7 Å². The zero-order valence-corrected chi connectivity index (χ0v) is 14.0. The first kappa shape index (κ1) is 14.5. The van der Waals surface area contributed by atoms with Gasteiger partial charge in [-0.15, -0.1) is 0 Å². The maximum atomic E-state index is 9.87. The van der Waals surface area contributed by atoms with E-state index in [4.69, 9.17) is 9.84 Å². The van der Waals surface area contributed by atoms with Gasteiger partial charge in [0.2, 0.25) is 0 Å². The largest absolute Gasteiger partial charge is 0.506 e. The first-order valence-electron chi connectivity index (χ1n) is 4.61. The van der Waals surface area contributed by atoms with Crippen LogP contribution in [0.25, 0.3) is 5.57 Å². The Balaban J connectivity index is 0.00000144. The van der Waals surface area contributed by atoms with Gasteiger partial charge in [-0.3, -0.25) is 0 Å². The predicted octanol–water partition coefficient (Wildman–Crippen LogP) is 1.20. The Morgan fingerprint density at radius 1 is 1.41 bits per heavy atom. The summed E-state index contributed by atoms with van der Waals surface area (Å²) < 4.78 is 4.90. The van der Waals surface area contributed by atoms with Gasteiger partial charge in [0, 0.05) is 55.7 Å². The van der Waals surface area contributed by atoms with Gasteiger partial charge in [-0.05, 0) is 0 Å². The summed E-state index contributed by atoms with van der Waals surface area (Å²) in [5.41, 5.74) is 1.24. The molecule has 1 aromatic carbocycles. The topological polar surface area (TPSA) is 82.3 Å². The quantitative estimate of drug-likeness (QED) is 0.595. The molecule has 1 aromatic rings. The smallest absolute Gasteiger partial charge is 0.168 e. The van der Waals surface area contributed by atoms with Crippen molar-refractivity contribution in [1.29, 1.82) is 0 Å². The predicted molar refractivity (Wildman–Crippen MR) is 59.5 cm³/mol. The fourth-order valence-corrected chi connectivity index (χ4v) is 1.66. The molecule has 0 spiro atoms. The first-order valence-corrected chi connectivity index (χ1v) is 4.61. The number of hydrogen-bond acceptors (Lipinski definition) is 5. The monoisotopic (exact) mass is 448 g/mol. The summed E-state index contributed by atoms with van der Waals surface area (Å²) in [6.45, 7) is 3.41. The van der Waals surface area contributed by atoms with Crippen LogP contribution in [0.1, 0.15) is 5.56 Å². The van der Waals surface area contributed by atoms with E-state index in [1.165, 1.54) is 13.2 Å². The molecule has 5 nitrogen and oxygen atoms in total. The van der Waals surface area contributed by atoms with Crippen LogP contribution in [-0.2, 0) is 0 Å². The van der Waals surface area contributed by atoms with E-state index in [9.17, 15) is 10.2 Å². The number of aromatic hydroxyl groups is 2. The summed E-state index contributed by atoms with van der Waals surface area (Å²) in [7, 11) is 1.38. The van der Waals surface area contributed by atoms with Gasteiger partial charge in [-0.25, -0.2) is 4.99 Å². The Hall–Kier alpha value is -0.568. The SMILES string of the molecule is C=C1C(CO)=Nc2c(O)cc(OC)c(O)c21.[Ac]. The van der Waals surface area contributed by atoms with Crippen LogP contribution >= 0.6 is 0 Å². The molecule has 6 heteroatoms. The molecule has 0 saturated heterocycles. The van der Waals surface area contributed by atoms with Gasteiger partial charge in [0.15, 0.2) is 11.5 Å². The van der Waals surface area contributed by atoms with Crippen molar-refractivity contribution in [3.05, 3.63) is 18.2 Å². The van der Waals surface area contributed by atoms with Crippen LogP contribution in [0.4, 0.5) is 5.69 Å². The number of aliphatic hydroxyl groups excluding tert-OH is 1. The van der Waals surface area contributed by atoms with E-state index >= 15 is 0 Å². The molecule has 0 fully saturated rings. The van der Waals surface area contributed by atoms with Crippen LogP contribution in [0.3, 0.4) is 0 Å². The number of phenols is 2. The van der Waals surface area contributed by atoms with Gasteiger partial charge in [0.1, 0.15) is 11.4 Å². The summed E-state index contributed by atoms with van der Waals surface area (Å²) in [4.78, 5) is 3.99. The van der Waals surface area contributed by atoms with Crippen LogP contribution in [0, 0.1) is 44.1 Å². The summed E-state index contributed by atoms with van der Waals surface area (Å²) in [5, 5.41) is 28.6. The molecule has 87 valence electrons. The Kier molecular flexibility index (Phi) is 4.59. The number of fused-ring (bicyclic) bond motifs is 1. The number of ether oxygens (including phenoxy) is 1. The molecule has 0 aromatic heterocycles. The molecule has 1 radical (unpaired) electrons. The first-order chi connectivity index (χ1) is 7.60. The third kappa shape index (κ3) is 2.22. The van der Waals surface area contributed by atoms with E-state index in [2.05, 4.69) is 11.6 Å². The normalized spacial score (nSPS) is 12.8. The number of aliphatic imine (C=N–C) groups is 1. The number of hydrogen-bond donors (Lipinski definition) is 3. The standard InChI is InChI=1S/C11H11NO4.Ac/c1-5-6(4-13)12-10-7(14)3-8(16-2)11(15)9(5)10;/h3,13-15H,1,4H2,2H3;. The Morgan fingerprint density at radius 2 is 2.06 bits per heavy atom. The zero-order chi connectivity index (χ0) is 11.9. The maximum Gasteiger partial charge on any atom is 0.168 e. The number of nitrogens with zero attached hydrogens (tertiary/aromatic N) is 1. The third-order valence-electron chi connectivity index (χ3n) is 2.48. The molecule has 0 atom stereocenters. The number of rotatable bonds is 2. The Morgan fingerprint density at radius 3 is 2.59 bits per heavy atom. The van der Waals surface area contributed by atoms with E-state index in [0.29, 0.717) is 16.8 Å². The van der Waals surface area contributed by atoms with Crippen LogP contribution < -0.4 is 4.74 Å². The van der Waals surface area contributed by atoms with Crippen molar-refractivity contribution in [3.8, 4) is 17.2 Å². The molecule has 0 amide bonds. The van der Waals surface area contributed by atoms with Crippen LogP contribution in [0.5, 0.6) is 17.2 Å². The van der Waals surface area contributed by atoms with Crippen molar-refractivity contribution in [2.45, 2.75) is 0 Å². The molecule has 0 aliphatic carbocycles. The molecule has 0 saturated carbocycles. The second-order valence-corrected chi connectivity index (χ2v) is 3.37. The molecule has 0 bridgehead atoms. The van der Waals surface area contributed by atoms with Gasteiger partial charge in [-0.2, -0.15) is 0 Å². The number of methoxy groups -OCH3 is 1. The minimum atomic E-state index is -0.297. The third-order valence-corrected chi connectivity index (χ3v) is 2.48. The number of benzene rings is 1.